The van der Waals surface area contributed by atoms with Crippen molar-refractivity contribution in [2.75, 3.05) is 11.8 Å². The van der Waals surface area contributed by atoms with Crippen LogP contribution >= 0.6 is 15.9 Å². The molecule has 1 N–H and O–H groups in total. The standard InChI is InChI=1S/C15H16BrNO3S/c1-3-11-10-14(8-9-15(11)20-2)21(18,19)17-13-6-4-12(16)5-7-13/h4-10,17H,3H2,1-2H3. The quantitative estimate of drug-likeness (QED) is 0.871. The maximum Gasteiger partial charge on any atom is 0.261 e. The third kappa shape index (κ3) is 3.77. The zero-order chi connectivity index (χ0) is 15.5. The molecule has 2 rings (SSSR count). The van der Waals surface area contributed by atoms with E-state index in [1.807, 2.05) is 6.92 Å². The lowest BCUT2D eigenvalue weighted by Crippen LogP contribution is -2.13. The van der Waals surface area contributed by atoms with E-state index in [-0.39, 0.29) is 4.90 Å². The van der Waals surface area contributed by atoms with Crippen LogP contribution < -0.4 is 9.46 Å². The first-order chi connectivity index (χ1) is 9.96. The molecule has 0 atom stereocenters. The van der Waals surface area contributed by atoms with Crippen molar-refractivity contribution < 1.29 is 13.2 Å². The average Bonchev–Trinajstić information content (AvgIpc) is 2.48. The van der Waals surface area contributed by atoms with Crippen LogP contribution in [0, 0.1) is 0 Å². The molecule has 4 nitrogen and oxygen atoms in total. The summed E-state index contributed by atoms with van der Waals surface area (Å²) in [5.74, 6) is 0.695. The molecule has 0 aliphatic carbocycles. The molecule has 2 aromatic carbocycles. The van der Waals surface area contributed by atoms with E-state index in [0.29, 0.717) is 17.9 Å². The number of nitrogens with one attached hydrogen (secondary N) is 1. The normalized spacial score (nSPS) is 11.2. The van der Waals surface area contributed by atoms with Gasteiger partial charge < -0.3 is 4.74 Å². The number of sulfonamides is 1. The minimum absolute atomic E-state index is 0.225. The molecule has 0 heterocycles. The number of benzene rings is 2. The van der Waals surface area contributed by atoms with Crippen LogP contribution in [0.4, 0.5) is 5.69 Å². The van der Waals surface area contributed by atoms with E-state index in [1.165, 1.54) is 0 Å². The van der Waals surface area contributed by atoms with Crippen LogP contribution in [-0.4, -0.2) is 15.5 Å². The van der Waals surface area contributed by atoms with Crippen LogP contribution in [0.2, 0.25) is 0 Å². The van der Waals surface area contributed by atoms with Crippen LogP contribution in [0.25, 0.3) is 0 Å². The van der Waals surface area contributed by atoms with E-state index in [0.717, 1.165) is 10.0 Å². The van der Waals surface area contributed by atoms with Crippen LogP contribution in [-0.2, 0) is 16.4 Å². The molecular formula is C15H16BrNO3S. The fourth-order valence-electron chi connectivity index (χ4n) is 1.93. The van der Waals surface area contributed by atoms with Crippen molar-refractivity contribution in [3.8, 4) is 5.75 Å². The maximum atomic E-state index is 12.4. The Labute approximate surface area is 133 Å². The third-order valence-corrected chi connectivity index (χ3v) is 4.95. The molecule has 0 bridgehead atoms. The van der Waals surface area contributed by atoms with Gasteiger partial charge in [-0.05, 0) is 54.4 Å². The summed E-state index contributed by atoms with van der Waals surface area (Å²) in [4.78, 5) is 0.225. The monoisotopic (exact) mass is 369 g/mol. The molecule has 0 aliphatic heterocycles. The molecule has 0 unspecified atom stereocenters. The maximum absolute atomic E-state index is 12.4. The number of ether oxygens (including phenoxy) is 1. The molecule has 0 spiro atoms. The summed E-state index contributed by atoms with van der Waals surface area (Å²) in [5.41, 5.74) is 1.38. The van der Waals surface area contributed by atoms with E-state index < -0.39 is 10.0 Å². The largest absolute Gasteiger partial charge is 0.496 e. The zero-order valence-corrected chi connectivity index (χ0v) is 14.2. The molecule has 0 saturated carbocycles. The van der Waals surface area contributed by atoms with Gasteiger partial charge in [0.2, 0.25) is 0 Å². The zero-order valence-electron chi connectivity index (χ0n) is 11.8. The minimum atomic E-state index is -3.60. The van der Waals surface area contributed by atoms with Gasteiger partial charge in [-0.1, -0.05) is 22.9 Å². The van der Waals surface area contributed by atoms with Gasteiger partial charge >= 0.3 is 0 Å². The van der Waals surface area contributed by atoms with Crippen molar-refractivity contribution in [2.24, 2.45) is 0 Å². The van der Waals surface area contributed by atoms with Crippen molar-refractivity contribution >= 4 is 31.6 Å². The second-order valence-electron chi connectivity index (χ2n) is 4.44. The lowest BCUT2D eigenvalue weighted by Gasteiger charge is -2.11. The van der Waals surface area contributed by atoms with Crippen molar-refractivity contribution in [3.63, 3.8) is 0 Å². The van der Waals surface area contributed by atoms with Gasteiger partial charge in [-0.15, -0.1) is 0 Å². The van der Waals surface area contributed by atoms with Gasteiger partial charge in [0, 0.05) is 10.2 Å². The Hall–Kier alpha value is -1.53. The van der Waals surface area contributed by atoms with Crippen molar-refractivity contribution in [3.05, 3.63) is 52.5 Å². The predicted molar refractivity (Wildman–Crippen MR) is 87.3 cm³/mol. The number of aryl methyl sites for hydroxylation is 1. The van der Waals surface area contributed by atoms with E-state index in [4.69, 9.17) is 4.74 Å². The molecule has 112 valence electrons. The summed E-state index contributed by atoms with van der Waals surface area (Å²) in [5, 5.41) is 0. The molecule has 0 aromatic heterocycles. The number of methoxy groups -OCH3 is 1. The van der Waals surface area contributed by atoms with E-state index in [2.05, 4.69) is 20.7 Å². The van der Waals surface area contributed by atoms with Crippen LogP contribution in [0.3, 0.4) is 0 Å². The number of rotatable bonds is 5. The molecule has 0 aliphatic rings. The van der Waals surface area contributed by atoms with Gasteiger partial charge in [0.25, 0.3) is 10.0 Å². The topological polar surface area (TPSA) is 55.4 Å². The molecule has 2 aromatic rings. The molecule has 6 heteroatoms. The van der Waals surface area contributed by atoms with E-state index in [1.54, 1.807) is 49.6 Å². The predicted octanol–water partition coefficient (Wildman–Crippen LogP) is 3.82. The minimum Gasteiger partial charge on any atom is -0.496 e. The molecule has 0 saturated heterocycles. The Morgan fingerprint density at radius 2 is 1.81 bits per heavy atom. The Morgan fingerprint density at radius 3 is 2.38 bits per heavy atom. The first kappa shape index (κ1) is 15.9. The first-order valence-electron chi connectivity index (χ1n) is 6.41. The summed E-state index contributed by atoms with van der Waals surface area (Å²) in [6, 6.07) is 11.8. The van der Waals surface area contributed by atoms with Crippen LogP contribution in [0.15, 0.2) is 51.8 Å². The Morgan fingerprint density at radius 1 is 1.14 bits per heavy atom. The fraction of sp³-hybridized carbons (Fsp3) is 0.200. The van der Waals surface area contributed by atoms with Crippen molar-refractivity contribution in [1.29, 1.82) is 0 Å². The summed E-state index contributed by atoms with van der Waals surface area (Å²) in [6.45, 7) is 1.95. The van der Waals surface area contributed by atoms with E-state index >= 15 is 0 Å². The molecule has 21 heavy (non-hydrogen) atoms. The SMILES string of the molecule is CCc1cc(S(=O)(=O)Nc2ccc(Br)cc2)ccc1OC. The van der Waals surface area contributed by atoms with Gasteiger partial charge in [0.05, 0.1) is 12.0 Å². The number of hydrogen-bond acceptors (Lipinski definition) is 3. The molecule has 0 fully saturated rings. The Kier molecular flexibility index (Phi) is 4.90. The molecule has 0 amide bonds. The summed E-state index contributed by atoms with van der Waals surface area (Å²) in [7, 11) is -2.03. The van der Waals surface area contributed by atoms with Gasteiger partial charge in [0.15, 0.2) is 0 Å². The highest BCUT2D eigenvalue weighted by Crippen LogP contribution is 2.24. The van der Waals surface area contributed by atoms with Gasteiger partial charge in [-0.25, -0.2) is 8.42 Å². The summed E-state index contributed by atoms with van der Waals surface area (Å²) in [6.07, 6.45) is 0.699. The first-order valence-corrected chi connectivity index (χ1v) is 8.69. The Bertz CT molecular complexity index is 727. The average molecular weight is 370 g/mol. The van der Waals surface area contributed by atoms with Crippen molar-refractivity contribution in [1.82, 2.24) is 0 Å². The molecular weight excluding hydrogens is 354 g/mol. The lowest BCUT2D eigenvalue weighted by molar-refractivity contribution is 0.409. The highest BCUT2D eigenvalue weighted by atomic mass is 79.9. The van der Waals surface area contributed by atoms with Gasteiger partial charge in [-0.3, -0.25) is 4.72 Å². The third-order valence-electron chi connectivity index (χ3n) is 3.04. The van der Waals surface area contributed by atoms with E-state index in [9.17, 15) is 8.42 Å². The highest BCUT2D eigenvalue weighted by molar-refractivity contribution is 9.10. The molecule has 0 radical (unpaired) electrons. The van der Waals surface area contributed by atoms with Gasteiger partial charge in [0.1, 0.15) is 5.75 Å². The smallest absolute Gasteiger partial charge is 0.261 e. The highest BCUT2D eigenvalue weighted by Gasteiger charge is 2.16. The summed E-state index contributed by atoms with van der Waals surface area (Å²) >= 11 is 3.31. The fourth-order valence-corrected chi connectivity index (χ4v) is 3.30. The Balaban J connectivity index is 2.33. The lowest BCUT2D eigenvalue weighted by atomic mass is 10.1. The van der Waals surface area contributed by atoms with Crippen molar-refractivity contribution in [2.45, 2.75) is 18.2 Å². The van der Waals surface area contributed by atoms with Gasteiger partial charge in [-0.2, -0.15) is 0 Å². The second kappa shape index (κ2) is 6.49. The number of anilines is 1. The summed E-state index contributed by atoms with van der Waals surface area (Å²) < 4.78 is 33.4. The number of halogens is 1. The second-order valence-corrected chi connectivity index (χ2v) is 7.04. The van der Waals surface area contributed by atoms with Crippen LogP contribution in [0.5, 0.6) is 5.75 Å². The van der Waals surface area contributed by atoms with Crippen LogP contribution in [0.1, 0.15) is 12.5 Å². The number of hydrogen-bond donors (Lipinski definition) is 1.